The molecule has 0 amide bonds. The van der Waals surface area contributed by atoms with E-state index in [1.54, 1.807) is 0 Å². The van der Waals surface area contributed by atoms with Gasteiger partial charge in [0.05, 0.1) is 5.92 Å². The van der Waals surface area contributed by atoms with Gasteiger partial charge in [-0.25, -0.2) is 0 Å². The zero-order valence-corrected chi connectivity index (χ0v) is 12.3. The summed E-state index contributed by atoms with van der Waals surface area (Å²) in [5.74, 6) is -0.0794. The first-order chi connectivity index (χ1) is 9.65. The van der Waals surface area contributed by atoms with Crippen molar-refractivity contribution in [2.24, 2.45) is 11.8 Å². The van der Waals surface area contributed by atoms with E-state index in [2.05, 4.69) is 42.2 Å². The number of likely N-dealkylation sites (tertiary alicyclic amines) is 1. The molecule has 0 bridgehead atoms. The van der Waals surface area contributed by atoms with Crippen LogP contribution >= 0.6 is 0 Å². The van der Waals surface area contributed by atoms with Gasteiger partial charge in [0.2, 0.25) is 0 Å². The summed E-state index contributed by atoms with van der Waals surface area (Å²) in [7, 11) is 0. The summed E-state index contributed by atoms with van der Waals surface area (Å²) in [5, 5.41) is 9.00. The smallest absolute Gasteiger partial charge is 0.306 e. The number of piperidine rings is 1. The van der Waals surface area contributed by atoms with Crippen molar-refractivity contribution in [2.45, 2.75) is 32.6 Å². The van der Waals surface area contributed by atoms with E-state index >= 15 is 0 Å². The molecule has 0 aromatic heterocycles. The number of carbonyl (C=O) groups is 1. The maximum Gasteiger partial charge on any atom is 0.306 e. The molecular weight excluding hydrogens is 250 g/mol. The van der Waals surface area contributed by atoms with Crippen LogP contribution in [0.3, 0.4) is 0 Å². The van der Waals surface area contributed by atoms with Crippen molar-refractivity contribution in [3.8, 4) is 0 Å². The highest BCUT2D eigenvalue weighted by Gasteiger charge is 2.24. The molecule has 1 aliphatic rings. The van der Waals surface area contributed by atoms with Crippen molar-refractivity contribution in [3.63, 3.8) is 0 Å². The van der Waals surface area contributed by atoms with Gasteiger partial charge in [-0.2, -0.15) is 0 Å². The second kappa shape index (κ2) is 7.44. The van der Waals surface area contributed by atoms with Crippen LogP contribution < -0.4 is 0 Å². The molecule has 1 heterocycles. The fraction of sp³-hybridized carbons (Fsp3) is 0.588. The number of carboxylic acid groups (broad SMARTS) is 1. The zero-order valence-electron chi connectivity index (χ0n) is 12.3. The fourth-order valence-corrected chi connectivity index (χ4v) is 2.95. The normalized spacial score (nSPS) is 18.9. The maximum atomic E-state index is 10.9. The highest BCUT2D eigenvalue weighted by Crippen LogP contribution is 2.19. The number of benzene rings is 1. The minimum Gasteiger partial charge on any atom is -0.481 e. The molecule has 3 nitrogen and oxygen atoms in total. The van der Waals surface area contributed by atoms with Crippen molar-refractivity contribution in [2.75, 3.05) is 19.6 Å². The van der Waals surface area contributed by atoms with Crippen LogP contribution in [0.5, 0.6) is 0 Å². The Morgan fingerprint density at radius 2 is 1.95 bits per heavy atom. The minimum atomic E-state index is -0.623. The van der Waals surface area contributed by atoms with Crippen molar-refractivity contribution in [1.82, 2.24) is 4.90 Å². The van der Waals surface area contributed by atoms with E-state index in [0.29, 0.717) is 5.92 Å². The van der Waals surface area contributed by atoms with Gasteiger partial charge in [-0.15, -0.1) is 0 Å². The van der Waals surface area contributed by atoms with Crippen LogP contribution in [0.4, 0.5) is 0 Å². The Bertz CT molecular complexity index is 410. The first-order valence-electron chi connectivity index (χ1n) is 7.64. The summed E-state index contributed by atoms with van der Waals surface area (Å²) >= 11 is 0. The molecule has 1 aromatic rings. The molecule has 1 atom stereocenters. The van der Waals surface area contributed by atoms with Crippen molar-refractivity contribution >= 4 is 5.97 Å². The molecule has 0 saturated carbocycles. The maximum absolute atomic E-state index is 10.9. The molecule has 1 unspecified atom stereocenters. The molecule has 1 N–H and O–H groups in total. The molecule has 0 aliphatic carbocycles. The van der Waals surface area contributed by atoms with Crippen LogP contribution in [-0.2, 0) is 11.2 Å². The van der Waals surface area contributed by atoms with Crippen LogP contribution in [0.1, 0.15) is 31.7 Å². The van der Waals surface area contributed by atoms with Gasteiger partial charge in [-0.1, -0.05) is 37.3 Å². The van der Waals surface area contributed by atoms with Gasteiger partial charge in [-0.3, -0.25) is 4.79 Å². The zero-order chi connectivity index (χ0) is 14.4. The number of nitrogens with zero attached hydrogens (tertiary/aromatic N) is 1. The van der Waals surface area contributed by atoms with Gasteiger partial charge in [-0.05, 0) is 50.3 Å². The van der Waals surface area contributed by atoms with Gasteiger partial charge in [0.1, 0.15) is 0 Å². The first-order valence-corrected chi connectivity index (χ1v) is 7.64. The number of hydrogen-bond donors (Lipinski definition) is 1. The molecule has 1 fully saturated rings. The molecule has 2 rings (SSSR count). The summed E-state index contributed by atoms with van der Waals surface area (Å²) in [4.78, 5) is 13.3. The van der Waals surface area contributed by atoms with Crippen LogP contribution in [0.15, 0.2) is 30.3 Å². The standard InChI is InChI=1S/C17H25NO2/c1-14(7-8-15-5-3-2-4-6-15)13-18-11-9-16(10-12-18)17(19)20/h2-6,14,16H,7-13H2,1H3,(H,19,20). The third kappa shape index (κ3) is 4.64. The summed E-state index contributed by atoms with van der Waals surface area (Å²) in [6.07, 6.45) is 3.94. The number of aliphatic carboxylic acids is 1. The number of aryl methyl sites for hydroxylation is 1. The van der Waals surface area contributed by atoms with Crippen molar-refractivity contribution < 1.29 is 9.90 Å². The van der Waals surface area contributed by atoms with Gasteiger partial charge < -0.3 is 10.0 Å². The lowest BCUT2D eigenvalue weighted by Crippen LogP contribution is -2.38. The van der Waals surface area contributed by atoms with Gasteiger partial charge >= 0.3 is 5.97 Å². The van der Waals surface area contributed by atoms with E-state index in [-0.39, 0.29) is 5.92 Å². The molecule has 0 radical (unpaired) electrons. The van der Waals surface area contributed by atoms with E-state index in [0.717, 1.165) is 38.9 Å². The Labute approximate surface area is 121 Å². The number of hydrogen-bond acceptors (Lipinski definition) is 2. The summed E-state index contributed by atoms with van der Waals surface area (Å²) in [5.41, 5.74) is 1.41. The summed E-state index contributed by atoms with van der Waals surface area (Å²) in [6.45, 7) is 5.27. The van der Waals surface area contributed by atoms with Crippen molar-refractivity contribution in [1.29, 1.82) is 0 Å². The lowest BCUT2D eigenvalue weighted by molar-refractivity contribution is -0.143. The predicted molar refractivity (Wildman–Crippen MR) is 80.7 cm³/mol. The molecule has 1 aromatic carbocycles. The number of carboxylic acids is 1. The van der Waals surface area contributed by atoms with Crippen LogP contribution in [0, 0.1) is 11.8 Å². The van der Waals surface area contributed by atoms with E-state index in [9.17, 15) is 4.79 Å². The molecule has 1 aliphatic heterocycles. The summed E-state index contributed by atoms with van der Waals surface area (Å²) in [6, 6.07) is 10.6. The third-order valence-corrected chi connectivity index (χ3v) is 4.28. The first kappa shape index (κ1) is 15.0. The Hall–Kier alpha value is -1.35. The Kier molecular flexibility index (Phi) is 5.60. The molecule has 3 heteroatoms. The average Bonchev–Trinajstić information content (AvgIpc) is 2.47. The van der Waals surface area contributed by atoms with E-state index in [1.807, 2.05) is 0 Å². The molecule has 0 spiro atoms. The molecule has 110 valence electrons. The van der Waals surface area contributed by atoms with Gasteiger partial charge in [0, 0.05) is 6.54 Å². The van der Waals surface area contributed by atoms with E-state index in [4.69, 9.17) is 5.11 Å². The second-order valence-electron chi connectivity index (χ2n) is 6.04. The molecule has 1 saturated heterocycles. The fourth-order valence-electron chi connectivity index (χ4n) is 2.95. The highest BCUT2D eigenvalue weighted by atomic mass is 16.4. The monoisotopic (exact) mass is 275 g/mol. The minimum absolute atomic E-state index is 0.120. The van der Waals surface area contributed by atoms with Crippen LogP contribution in [-0.4, -0.2) is 35.6 Å². The lowest BCUT2D eigenvalue weighted by atomic mass is 9.95. The largest absolute Gasteiger partial charge is 0.481 e. The second-order valence-corrected chi connectivity index (χ2v) is 6.04. The Morgan fingerprint density at radius 1 is 1.30 bits per heavy atom. The predicted octanol–water partition coefficient (Wildman–Crippen LogP) is 3.05. The van der Waals surface area contributed by atoms with Crippen LogP contribution in [0.2, 0.25) is 0 Å². The van der Waals surface area contributed by atoms with E-state index in [1.165, 1.54) is 12.0 Å². The quantitative estimate of drug-likeness (QED) is 0.867. The van der Waals surface area contributed by atoms with Gasteiger partial charge in [0.25, 0.3) is 0 Å². The third-order valence-electron chi connectivity index (χ3n) is 4.28. The average molecular weight is 275 g/mol. The topological polar surface area (TPSA) is 40.5 Å². The lowest BCUT2D eigenvalue weighted by Gasteiger charge is -2.32. The summed E-state index contributed by atoms with van der Waals surface area (Å²) < 4.78 is 0. The molecule has 20 heavy (non-hydrogen) atoms. The SMILES string of the molecule is CC(CCc1ccccc1)CN1CCC(C(=O)O)CC1. The van der Waals surface area contributed by atoms with Gasteiger partial charge in [0.15, 0.2) is 0 Å². The number of rotatable bonds is 6. The van der Waals surface area contributed by atoms with E-state index < -0.39 is 5.97 Å². The highest BCUT2D eigenvalue weighted by molar-refractivity contribution is 5.70. The molecular formula is C17H25NO2. The van der Waals surface area contributed by atoms with Crippen LogP contribution in [0.25, 0.3) is 0 Å². The van der Waals surface area contributed by atoms with Crippen molar-refractivity contribution in [3.05, 3.63) is 35.9 Å². The Morgan fingerprint density at radius 3 is 2.55 bits per heavy atom. The Balaban J connectivity index is 1.68.